The Kier molecular flexibility index (Phi) is 19.7. The highest BCUT2D eigenvalue weighted by molar-refractivity contribution is 4.43. The predicted octanol–water partition coefficient (Wildman–Crippen LogP) is 2.95. The van der Waals surface area contributed by atoms with Crippen molar-refractivity contribution in [3.05, 3.63) is 0 Å². The van der Waals surface area contributed by atoms with Crippen LogP contribution in [0, 0.1) is 5.92 Å². The van der Waals surface area contributed by atoms with E-state index in [4.69, 9.17) is 9.47 Å². The summed E-state index contributed by atoms with van der Waals surface area (Å²) in [6, 6.07) is 0. The number of ether oxygens (including phenoxy) is 2. The van der Waals surface area contributed by atoms with Gasteiger partial charge in [0, 0.05) is 14.6 Å². The molecule has 3 heteroatoms. The third kappa shape index (κ3) is 19.5. The minimum Gasteiger partial charge on any atom is -0.379 e. The van der Waals surface area contributed by atoms with Crippen LogP contribution in [0.4, 0.5) is 0 Å². The Morgan fingerprint density at radius 2 is 1.56 bits per heavy atom. The maximum atomic E-state index is 5.41. The number of hydrogen-bond acceptors (Lipinski definition) is 3. The molecule has 0 unspecified atom stereocenters. The Balaban J connectivity index is -0.000000616. The molecule has 0 atom stereocenters. The second-order valence-electron chi connectivity index (χ2n) is 3.76. The van der Waals surface area contributed by atoms with Gasteiger partial charge in [-0.15, -0.1) is 0 Å². The molecule has 0 rings (SSSR count). The van der Waals surface area contributed by atoms with E-state index in [1.807, 2.05) is 13.8 Å². The summed E-state index contributed by atoms with van der Waals surface area (Å²) in [6.45, 7) is 15.5. The SMILES string of the molecule is CC.CCNCCOCCOCCC(C)C.[HH]. The van der Waals surface area contributed by atoms with Crippen LogP contribution in [-0.2, 0) is 9.47 Å². The number of nitrogens with one attached hydrogen (secondary N) is 1. The fraction of sp³-hybridized carbons (Fsp3) is 1.00. The van der Waals surface area contributed by atoms with Crippen molar-refractivity contribution < 1.29 is 10.9 Å². The molecule has 0 saturated heterocycles. The molecule has 0 aromatic carbocycles. The average molecular weight is 235 g/mol. The maximum absolute atomic E-state index is 5.41. The fourth-order valence-electron chi connectivity index (χ4n) is 0.962. The van der Waals surface area contributed by atoms with Crippen molar-refractivity contribution in [2.75, 3.05) is 39.5 Å². The fourth-order valence-corrected chi connectivity index (χ4v) is 0.962. The molecule has 0 bridgehead atoms. The molecule has 0 aromatic heterocycles. The van der Waals surface area contributed by atoms with Crippen molar-refractivity contribution in [1.29, 1.82) is 0 Å². The van der Waals surface area contributed by atoms with Crippen molar-refractivity contribution in [3.63, 3.8) is 0 Å². The van der Waals surface area contributed by atoms with E-state index in [0.29, 0.717) is 6.61 Å². The van der Waals surface area contributed by atoms with E-state index in [1.54, 1.807) is 0 Å². The van der Waals surface area contributed by atoms with Crippen LogP contribution in [0.25, 0.3) is 0 Å². The quantitative estimate of drug-likeness (QED) is 0.591. The smallest absolute Gasteiger partial charge is 0.0701 e. The van der Waals surface area contributed by atoms with Gasteiger partial charge in [-0.05, 0) is 18.9 Å². The van der Waals surface area contributed by atoms with E-state index in [0.717, 1.165) is 45.2 Å². The highest BCUT2D eigenvalue weighted by atomic mass is 16.5. The first-order chi connectivity index (χ1) is 7.77. The van der Waals surface area contributed by atoms with Gasteiger partial charge in [0.1, 0.15) is 0 Å². The molecule has 0 fully saturated rings. The third-order valence-corrected chi connectivity index (χ3v) is 1.88. The predicted molar refractivity (Wildman–Crippen MR) is 73.1 cm³/mol. The van der Waals surface area contributed by atoms with Crippen molar-refractivity contribution >= 4 is 0 Å². The van der Waals surface area contributed by atoms with Gasteiger partial charge in [0.15, 0.2) is 0 Å². The lowest BCUT2D eigenvalue weighted by Crippen LogP contribution is -2.20. The summed E-state index contributed by atoms with van der Waals surface area (Å²) in [4.78, 5) is 0. The Bertz CT molecular complexity index is 114. The molecule has 0 aliphatic rings. The van der Waals surface area contributed by atoms with Gasteiger partial charge < -0.3 is 14.8 Å². The van der Waals surface area contributed by atoms with Gasteiger partial charge in [0.25, 0.3) is 0 Å². The minimum absolute atomic E-state index is 0. The van der Waals surface area contributed by atoms with Gasteiger partial charge in [-0.3, -0.25) is 0 Å². The second kappa shape index (κ2) is 17.3. The standard InChI is InChI=1S/C11H25NO2.C2H6.H2/c1-4-12-6-8-14-10-9-13-7-5-11(2)3;1-2;/h11-12H,4-10H2,1-3H3;1-2H3;1H. The first kappa shape index (κ1) is 18.3. The first-order valence-electron chi connectivity index (χ1n) is 6.63. The van der Waals surface area contributed by atoms with Gasteiger partial charge >= 0.3 is 0 Å². The molecule has 0 heterocycles. The Morgan fingerprint density at radius 3 is 2.06 bits per heavy atom. The summed E-state index contributed by atoms with van der Waals surface area (Å²) < 4.78 is 10.8. The van der Waals surface area contributed by atoms with Gasteiger partial charge in [-0.25, -0.2) is 0 Å². The summed E-state index contributed by atoms with van der Waals surface area (Å²) in [7, 11) is 0. The Hall–Kier alpha value is -0.120. The maximum Gasteiger partial charge on any atom is 0.0701 e. The van der Waals surface area contributed by atoms with E-state index in [-0.39, 0.29) is 1.43 Å². The van der Waals surface area contributed by atoms with E-state index < -0.39 is 0 Å². The van der Waals surface area contributed by atoms with E-state index in [1.165, 1.54) is 0 Å². The first-order valence-corrected chi connectivity index (χ1v) is 6.63. The van der Waals surface area contributed by atoms with E-state index >= 15 is 0 Å². The van der Waals surface area contributed by atoms with Crippen LogP contribution in [0.2, 0.25) is 0 Å². The van der Waals surface area contributed by atoms with Gasteiger partial charge in [-0.2, -0.15) is 0 Å². The Labute approximate surface area is 103 Å². The summed E-state index contributed by atoms with van der Waals surface area (Å²) >= 11 is 0. The second-order valence-corrected chi connectivity index (χ2v) is 3.76. The molecule has 1 N–H and O–H groups in total. The van der Waals surface area contributed by atoms with Crippen LogP contribution in [0.3, 0.4) is 0 Å². The Morgan fingerprint density at radius 1 is 1.00 bits per heavy atom. The average Bonchev–Trinajstić information content (AvgIpc) is 2.29. The number of rotatable bonds is 10. The van der Waals surface area contributed by atoms with Gasteiger partial charge in [-0.1, -0.05) is 34.6 Å². The lowest BCUT2D eigenvalue weighted by atomic mass is 10.1. The van der Waals surface area contributed by atoms with Crippen molar-refractivity contribution in [3.8, 4) is 0 Å². The summed E-state index contributed by atoms with van der Waals surface area (Å²) in [6.07, 6.45) is 1.14. The monoisotopic (exact) mass is 235 g/mol. The molecule has 3 nitrogen and oxygen atoms in total. The number of likely N-dealkylation sites (N-methyl/N-ethyl adjacent to an activating group) is 1. The van der Waals surface area contributed by atoms with E-state index in [2.05, 4.69) is 26.1 Å². The molecule has 102 valence electrons. The topological polar surface area (TPSA) is 30.5 Å². The molecule has 0 radical (unpaired) electrons. The normalized spacial score (nSPS) is 10.1. The molecule has 16 heavy (non-hydrogen) atoms. The highest BCUT2D eigenvalue weighted by Gasteiger charge is 1.93. The van der Waals surface area contributed by atoms with Crippen molar-refractivity contribution in [1.82, 2.24) is 5.32 Å². The van der Waals surface area contributed by atoms with Crippen molar-refractivity contribution in [2.45, 2.75) is 41.0 Å². The zero-order valence-corrected chi connectivity index (χ0v) is 11.8. The lowest BCUT2D eigenvalue weighted by molar-refractivity contribution is 0.0451. The highest BCUT2D eigenvalue weighted by Crippen LogP contribution is 1.98. The van der Waals surface area contributed by atoms with Gasteiger partial charge in [0.2, 0.25) is 0 Å². The molecule has 0 saturated carbocycles. The largest absolute Gasteiger partial charge is 0.379 e. The molecule has 0 aliphatic carbocycles. The van der Waals surface area contributed by atoms with Crippen LogP contribution < -0.4 is 5.32 Å². The van der Waals surface area contributed by atoms with Crippen LogP contribution in [0.1, 0.15) is 42.5 Å². The minimum atomic E-state index is 0. The third-order valence-electron chi connectivity index (χ3n) is 1.88. The van der Waals surface area contributed by atoms with Crippen LogP contribution >= 0.6 is 0 Å². The molecular formula is C13H33NO2. The molecule has 0 aliphatic heterocycles. The van der Waals surface area contributed by atoms with Gasteiger partial charge in [0.05, 0.1) is 19.8 Å². The molecular weight excluding hydrogens is 202 g/mol. The van der Waals surface area contributed by atoms with Crippen LogP contribution in [0.15, 0.2) is 0 Å². The molecule has 0 spiro atoms. The van der Waals surface area contributed by atoms with E-state index in [9.17, 15) is 0 Å². The molecule has 0 amide bonds. The number of hydrogen-bond donors (Lipinski definition) is 1. The summed E-state index contributed by atoms with van der Waals surface area (Å²) in [5.74, 6) is 0.727. The van der Waals surface area contributed by atoms with Crippen LogP contribution in [0.5, 0.6) is 0 Å². The zero-order chi connectivity index (χ0) is 12.6. The summed E-state index contributed by atoms with van der Waals surface area (Å²) in [5.41, 5.74) is 0. The zero-order valence-electron chi connectivity index (χ0n) is 11.8. The van der Waals surface area contributed by atoms with Crippen molar-refractivity contribution in [2.24, 2.45) is 5.92 Å². The summed E-state index contributed by atoms with van der Waals surface area (Å²) in [5, 5.41) is 3.20. The van der Waals surface area contributed by atoms with Crippen LogP contribution in [-0.4, -0.2) is 39.5 Å². The lowest BCUT2D eigenvalue weighted by Gasteiger charge is -2.07. The molecule has 0 aromatic rings.